The van der Waals surface area contributed by atoms with Crippen LogP contribution in [-0.4, -0.2) is 24.5 Å². The fourth-order valence-corrected chi connectivity index (χ4v) is 3.20. The van der Waals surface area contributed by atoms with Crippen molar-refractivity contribution >= 4 is 33.9 Å². The van der Waals surface area contributed by atoms with E-state index in [2.05, 4.69) is 0 Å². The van der Waals surface area contributed by atoms with Crippen molar-refractivity contribution in [1.82, 2.24) is 0 Å². The molecule has 158 valence electrons. The van der Waals surface area contributed by atoms with E-state index in [1.807, 2.05) is 50.2 Å². The Kier molecular flexibility index (Phi) is 6.15. The van der Waals surface area contributed by atoms with Gasteiger partial charge in [0.25, 0.3) is 0 Å². The molecule has 3 rings (SSSR count). The van der Waals surface area contributed by atoms with E-state index in [-0.39, 0.29) is 12.2 Å². The summed E-state index contributed by atoms with van der Waals surface area (Å²) in [5.41, 5.74) is 1.93. The Morgan fingerprint density at radius 2 is 1.00 bits per heavy atom. The monoisotopic (exact) mass is 410 g/mol. The Labute approximate surface area is 175 Å². The van der Waals surface area contributed by atoms with E-state index in [1.54, 1.807) is 27.7 Å². The molecular weight excluding hydrogens is 384 g/mol. The molecule has 30 heavy (non-hydrogen) atoms. The van der Waals surface area contributed by atoms with Gasteiger partial charge < -0.3 is 18.9 Å². The summed E-state index contributed by atoms with van der Waals surface area (Å²) in [6.45, 7) is 10.9. The minimum Gasteiger partial charge on any atom is -0.431 e. The van der Waals surface area contributed by atoms with Crippen molar-refractivity contribution in [2.45, 2.75) is 53.8 Å². The molecule has 0 aliphatic carbocycles. The highest BCUT2D eigenvalue weighted by molar-refractivity contribution is 6.12. The summed E-state index contributed by atoms with van der Waals surface area (Å²) < 4.78 is 21.6. The van der Waals surface area contributed by atoms with Crippen molar-refractivity contribution in [2.24, 2.45) is 0 Å². The average molecular weight is 410 g/mol. The Morgan fingerprint density at radius 3 is 1.37 bits per heavy atom. The quantitative estimate of drug-likeness (QED) is 0.279. The Balaban J connectivity index is 2.27. The van der Waals surface area contributed by atoms with Crippen LogP contribution in [0.4, 0.5) is 9.59 Å². The van der Waals surface area contributed by atoms with Gasteiger partial charge in [-0.15, -0.1) is 0 Å². The number of aryl methyl sites for hydroxylation is 2. The van der Waals surface area contributed by atoms with Gasteiger partial charge in [-0.05, 0) is 53.7 Å². The molecule has 3 aromatic carbocycles. The van der Waals surface area contributed by atoms with Crippen LogP contribution in [0.3, 0.4) is 0 Å². The SMILES string of the molecule is Cc1ccc2c(OC(=O)OC(C)C)c3ccc(C)cc3c(OC(=O)OC(C)C)c2c1. The van der Waals surface area contributed by atoms with Crippen molar-refractivity contribution in [2.75, 3.05) is 0 Å². The van der Waals surface area contributed by atoms with Crippen LogP contribution in [0.15, 0.2) is 36.4 Å². The predicted octanol–water partition coefficient (Wildman–Crippen LogP) is 6.46. The van der Waals surface area contributed by atoms with Gasteiger partial charge in [-0.2, -0.15) is 0 Å². The molecule has 0 spiro atoms. The van der Waals surface area contributed by atoms with E-state index in [4.69, 9.17) is 18.9 Å². The fourth-order valence-electron chi connectivity index (χ4n) is 3.20. The summed E-state index contributed by atoms with van der Waals surface area (Å²) in [6, 6.07) is 11.2. The first-order valence-electron chi connectivity index (χ1n) is 9.89. The minimum absolute atomic E-state index is 0.312. The van der Waals surface area contributed by atoms with Crippen LogP contribution in [0.1, 0.15) is 38.8 Å². The highest BCUT2D eigenvalue weighted by Crippen LogP contribution is 2.43. The highest BCUT2D eigenvalue weighted by Gasteiger charge is 2.22. The molecule has 0 N–H and O–H groups in total. The molecule has 0 radical (unpaired) electrons. The van der Waals surface area contributed by atoms with E-state index in [0.29, 0.717) is 33.0 Å². The molecule has 0 atom stereocenters. The zero-order valence-electron chi connectivity index (χ0n) is 18.1. The number of ether oxygens (including phenoxy) is 4. The molecule has 0 fully saturated rings. The molecule has 0 heterocycles. The molecule has 0 aliphatic heterocycles. The number of carbonyl (C=O) groups excluding carboxylic acids is 2. The lowest BCUT2D eigenvalue weighted by atomic mass is 9.98. The van der Waals surface area contributed by atoms with E-state index >= 15 is 0 Å². The predicted molar refractivity (Wildman–Crippen MR) is 115 cm³/mol. The summed E-state index contributed by atoms with van der Waals surface area (Å²) in [5, 5.41) is 2.54. The molecule has 3 aromatic rings. The summed E-state index contributed by atoms with van der Waals surface area (Å²) in [7, 11) is 0. The second-order valence-electron chi connectivity index (χ2n) is 7.79. The van der Waals surface area contributed by atoms with Crippen LogP contribution in [0, 0.1) is 13.8 Å². The Morgan fingerprint density at radius 1 is 0.633 bits per heavy atom. The van der Waals surface area contributed by atoms with Crippen LogP contribution in [0.5, 0.6) is 11.5 Å². The van der Waals surface area contributed by atoms with Crippen LogP contribution in [0.2, 0.25) is 0 Å². The minimum atomic E-state index is -0.790. The van der Waals surface area contributed by atoms with Gasteiger partial charge in [0.2, 0.25) is 0 Å². The number of rotatable bonds is 4. The van der Waals surface area contributed by atoms with Gasteiger partial charge >= 0.3 is 12.3 Å². The standard InChI is InChI=1S/C24H26O6/c1-13(2)27-23(25)29-21-17-9-7-15(5)11-19(17)22(30-24(26)28-14(3)4)20-12-16(6)8-10-18(20)21/h7-14H,1-6H3. The van der Waals surface area contributed by atoms with Gasteiger partial charge in [0.05, 0.1) is 12.2 Å². The highest BCUT2D eigenvalue weighted by atomic mass is 16.7. The second kappa shape index (κ2) is 8.61. The average Bonchev–Trinajstić information content (AvgIpc) is 2.63. The number of hydrogen-bond acceptors (Lipinski definition) is 6. The second-order valence-corrected chi connectivity index (χ2v) is 7.79. The molecule has 6 nitrogen and oxygen atoms in total. The summed E-state index contributed by atoms with van der Waals surface area (Å²) >= 11 is 0. The number of hydrogen-bond donors (Lipinski definition) is 0. The molecule has 0 aromatic heterocycles. The molecule has 0 bridgehead atoms. The molecular formula is C24H26O6. The zero-order valence-corrected chi connectivity index (χ0v) is 18.1. The van der Waals surface area contributed by atoms with Crippen LogP contribution in [0.25, 0.3) is 21.5 Å². The van der Waals surface area contributed by atoms with E-state index in [0.717, 1.165) is 11.1 Å². The summed E-state index contributed by atoms with van der Waals surface area (Å²) in [5.74, 6) is 0.720. The van der Waals surface area contributed by atoms with Crippen LogP contribution >= 0.6 is 0 Å². The summed E-state index contributed by atoms with van der Waals surface area (Å²) in [6.07, 6.45) is -2.20. The van der Waals surface area contributed by atoms with E-state index in [1.165, 1.54) is 0 Å². The lowest BCUT2D eigenvalue weighted by Gasteiger charge is -2.18. The van der Waals surface area contributed by atoms with Crippen molar-refractivity contribution in [3.63, 3.8) is 0 Å². The van der Waals surface area contributed by atoms with Crippen molar-refractivity contribution in [3.8, 4) is 11.5 Å². The normalized spacial score (nSPS) is 11.2. The van der Waals surface area contributed by atoms with Crippen molar-refractivity contribution in [1.29, 1.82) is 0 Å². The largest absolute Gasteiger partial charge is 0.514 e. The number of benzene rings is 3. The zero-order chi connectivity index (χ0) is 22.0. The third-order valence-electron chi connectivity index (χ3n) is 4.36. The molecule has 0 unspecified atom stereocenters. The van der Waals surface area contributed by atoms with Gasteiger partial charge in [-0.3, -0.25) is 0 Å². The molecule has 6 heteroatoms. The van der Waals surface area contributed by atoms with Crippen molar-refractivity contribution in [3.05, 3.63) is 47.5 Å². The smallest absolute Gasteiger partial charge is 0.431 e. The molecule has 0 saturated carbocycles. The van der Waals surface area contributed by atoms with E-state index in [9.17, 15) is 9.59 Å². The Bertz CT molecular complexity index is 1050. The molecule has 0 amide bonds. The maximum atomic E-state index is 12.3. The first-order chi connectivity index (χ1) is 14.2. The third-order valence-corrected chi connectivity index (χ3v) is 4.36. The van der Waals surface area contributed by atoms with Crippen LogP contribution < -0.4 is 9.47 Å². The van der Waals surface area contributed by atoms with Gasteiger partial charge in [-0.1, -0.05) is 35.4 Å². The van der Waals surface area contributed by atoms with Gasteiger partial charge in [0.15, 0.2) is 0 Å². The maximum Gasteiger partial charge on any atom is 0.514 e. The van der Waals surface area contributed by atoms with Crippen LogP contribution in [-0.2, 0) is 9.47 Å². The summed E-state index contributed by atoms with van der Waals surface area (Å²) in [4.78, 5) is 24.6. The lowest BCUT2D eigenvalue weighted by Crippen LogP contribution is -2.17. The first kappa shape index (κ1) is 21.4. The third kappa shape index (κ3) is 4.64. The van der Waals surface area contributed by atoms with E-state index < -0.39 is 12.3 Å². The number of fused-ring (bicyclic) bond motifs is 2. The van der Waals surface area contributed by atoms with Gasteiger partial charge in [-0.25, -0.2) is 9.59 Å². The van der Waals surface area contributed by atoms with Gasteiger partial charge in [0, 0.05) is 21.5 Å². The Hall–Kier alpha value is -3.28. The molecule has 0 saturated heterocycles. The maximum absolute atomic E-state index is 12.3. The van der Waals surface area contributed by atoms with Gasteiger partial charge in [0.1, 0.15) is 11.5 Å². The number of carbonyl (C=O) groups is 2. The van der Waals surface area contributed by atoms with Crippen molar-refractivity contribution < 1.29 is 28.5 Å². The lowest BCUT2D eigenvalue weighted by molar-refractivity contribution is 0.0719. The topological polar surface area (TPSA) is 71.1 Å². The first-order valence-corrected chi connectivity index (χ1v) is 9.89. The molecule has 0 aliphatic rings. The fraction of sp³-hybridized carbons (Fsp3) is 0.333.